The molecule has 0 unspecified atom stereocenters. The molecule has 0 heterocycles. The molecule has 0 bridgehead atoms. The highest BCUT2D eigenvalue weighted by Crippen LogP contribution is 2.00. The van der Waals surface area contributed by atoms with Crippen LogP contribution in [0.5, 0.6) is 0 Å². The van der Waals surface area contributed by atoms with Crippen LogP contribution in [0.4, 0.5) is 0 Å². The summed E-state index contributed by atoms with van der Waals surface area (Å²) in [6.45, 7) is 0. The minimum Gasteiger partial charge on any atom is -0.110 e. The second-order valence-electron chi connectivity index (χ2n) is 1.72. The van der Waals surface area contributed by atoms with Gasteiger partial charge in [0.25, 0.3) is 0 Å². The van der Waals surface area contributed by atoms with Gasteiger partial charge in [0.2, 0.25) is 0 Å². The first-order chi connectivity index (χ1) is 4.63. The number of hydrogen-bond acceptors (Lipinski definition) is 0. The van der Waals surface area contributed by atoms with Gasteiger partial charge < -0.3 is 0 Å². The van der Waals surface area contributed by atoms with Gasteiger partial charge in [-0.05, 0) is 0 Å². The van der Waals surface area contributed by atoms with E-state index in [-0.39, 0.29) is 8.92 Å². The largest absolute Gasteiger partial charge is 0.110 e. The Bertz CT molecular complexity index is 91.4. The van der Waals surface area contributed by atoms with Crippen LogP contribution in [0.3, 0.4) is 0 Å². The fourth-order valence-electron chi connectivity index (χ4n) is 0.398. The third-order valence-electron chi connectivity index (χ3n) is 0.795. The SMILES string of the molecule is ClC(Cl)[SiH2]/C=C/[SiH2]C(Cl)Cl. The second kappa shape index (κ2) is 7.01. The molecule has 6 heteroatoms. The lowest BCUT2D eigenvalue weighted by atomic mass is 11.2. The van der Waals surface area contributed by atoms with Crippen molar-refractivity contribution in [2.45, 2.75) is 8.92 Å². The number of hydrogen-bond donors (Lipinski definition) is 0. The molecule has 0 aliphatic rings. The quantitative estimate of drug-likeness (QED) is 0.524. The number of alkyl halides is 4. The van der Waals surface area contributed by atoms with Crippen molar-refractivity contribution in [3.63, 3.8) is 0 Å². The molecule has 0 saturated carbocycles. The predicted octanol–water partition coefficient (Wildman–Crippen LogP) is 1.32. The zero-order valence-corrected chi connectivity index (χ0v) is 11.1. The molecule has 0 aromatic heterocycles. The standard InChI is InChI=1S/C4H8Cl4Si2/c5-3(6)9-1-2-10-4(7)8/h1-4H,9-10H2/b2-1+. The summed E-state index contributed by atoms with van der Waals surface area (Å²) in [5, 5.41) is 0. The maximum Gasteiger partial charge on any atom is 0.0949 e. The summed E-state index contributed by atoms with van der Waals surface area (Å²) >= 11 is 22.1. The topological polar surface area (TPSA) is 0 Å². The lowest BCUT2D eigenvalue weighted by molar-refractivity contribution is 1.87. The Hall–Kier alpha value is 1.33. The van der Waals surface area contributed by atoms with E-state index in [1.807, 2.05) is 0 Å². The molecule has 0 amide bonds. The zero-order chi connectivity index (χ0) is 7.98. The summed E-state index contributed by atoms with van der Waals surface area (Å²) in [5.41, 5.74) is 4.13. The monoisotopic (exact) mass is 252 g/mol. The minimum atomic E-state index is -0.429. The number of halogens is 4. The van der Waals surface area contributed by atoms with E-state index in [0.29, 0.717) is 0 Å². The van der Waals surface area contributed by atoms with Crippen molar-refractivity contribution in [2.24, 2.45) is 0 Å². The summed E-state index contributed by atoms with van der Waals surface area (Å²) in [5.74, 6) is 0. The van der Waals surface area contributed by atoms with Crippen molar-refractivity contribution < 1.29 is 0 Å². The third kappa shape index (κ3) is 9.33. The first kappa shape index (κ1) is 11.3. The molecular weight excluding hydrogens is 246 g/mol. The van der Waals surface area contributed by atoms with E-state index in [0.717, 1.165) is 0 Å². The van der Waals surface area contributed by atoms with E-state index in [4.69, 9.17) is 46.4 Å². The van der Waals surface area contributed by atoms with Gasteiger partial charge in [-0.1, -0.05) is 0 Å². The first-order valence-electron chi connectivity index (χ1n) is 2.84. The van der Waals surface area contributed by atoms with Crippen molar-refractivity contribution in [3.8, 4) is 0 Å². The molecular formula is C4H8Cl4Si2. The van der Waals surface area contributed by atoms with Crippen molar-refractivity contribution >= 4 is 65.4 Å². The molecule has 0 radical (unpaired) electrons. The van der Waals surface area contributed by atoms with E-state index in [1.165, 1.54) is 0 Å². The van der Waals surface area contributed by atoms with E-state index in [9.17, 15) is 0 Å². The average molecular weight is 254 g/mol. The Morgan fingerprint density at radius 2 is 1.10 bits per heavy atom. The van der Waals surface area contributed by atoms with Crippen LogP contribution in [0.1, 0.15) is 0 Å². The third-order valence-corrected chi connectivity index (χ3v) is 5.52. The van der Waals surface area contributed by atoms with Gasteiger partial charge >= 0.3 is 0 Å². The van der Waals surface area contributed by atoms with Crippen LogP contribution in [0.2, 0.25) is 0 Å². The molecule has 60 valence electrons. The smallest absolute Gasteiger partial charge is 0.0949 e. The van der Waals surface area contributed by atoms with Crippen LogP contribution in [0, 0.1) is 0 Å². The fraction of sp³-hybridized carbons (Fsp3) is 0.500. The predicted molar refractivity (Wildman–Crippen MR) is 57.2 cm³/mol. The highest BCUT2D eigenvalue weighted by atomic mass is 35.5. The molecule has 0 N–H and O–H groups in total. The average Bonchev–Trinajstić information content (AvgIpc) is 1.79. The Kier molecular flexibility index (Phi) is 7.94. The molecule has 0 aromatic rings. The maximum atomic E-state index is 5.52. The highest BCUT2D eigenvalue weighted by Gasteiger charge is 1.96. The van der Waals surface area contributed by atoms with Crippen molar-refractivity contribution in [1.82, 2.24) is 0 Å². The fourth-order valence-corrected chi connectivity index (χ4v) is 3.58. The van der Waals surface area contributed by atoms with Gasteiger partial charge in [0.05, 0.1) is 28.0 Å². The van der Waals surface area contributed by atoms with Crippen LogP contribution in [0.15, 0.2) is 11.4 Å². The second-order valence-corrected chi connectivity index (χ2v) is 9.87. The van der Waals surface area contributed by atoms with E-state index in [2.05, 4.69) is 11.4 Å². The van der Waals surface area contributed by atoms with Gasteiger partial charge in [-0.25, -0.2) is 0 Å². The van der Waals surface area contributed by atoms with Gasteiger partial charge in [0.1, 0.15) is 0 Å². The van der Waals surface area contributed by atoms with Crippen LogP contribution < -0.4 is 0 Å². The molecule has 0 spiro atoms. The number of rotatable bonds is 4. The lowest BCUT2D eigenvalue weighted by Gasteiger charge is -1.92. The molecule has 0 rings (SSSR count). The van der Waals surface area contributed by atoms with E-state index in [1.54, 1.807) is 0 Å². The maximum absolute atomic E-state index is 5.52. The Balaban J connectivity index is 3.20. The molecule has 0 aliphatic heterocycles. The van der Waals surface area contributed by atoms with Crippen molar-refractivity contribution in [1.29, 1.82) is 0 Å². The molecule has 0 fully saturated rings. The molecule has 0 aromatic carbocycles. The molecule has 0 nitrogen and oxygen atoms in total. The van der Waals surface area contributed by atoms with Gasteiger partial charge in [-0.15, -0.1) is 57.8 Å². The minimum absolute atomic E-state index is 0.172. The van der Waals surface area contributed by atoms with Crippen LogP contribution in [0.25, 0.3) is 0 Å². The normalized spacial score (nSPS) is 14.6. The Labute approximate surface area is 85.5 Å². The zero-order valence-electron chi connectivity index (χ0n) is 5.24. The summed E-state index contributed by atoms with van der Waals surface area (Å²) in [6.07, 6.45) is 0. The van der Waals surface area contributed by atoms with Gasteiger partial charge in [0, 0.05) is 0 Å². The Morgan fingerprint density at radius 1 is 0.800 bits per heavy atom. The van der Waals surface area contributed by atoms with Crippen LogP contribution in [-0.2, 0) is 0 Å². The molecule has 0 saturated heterocycles. The summed E-state index contributed by atoms with van der Waals surface area (Å²) in [6, 6.07) is 0. The van der Waals surface area contributed by atoms with Crippen molar-refractivity contribution in [2.75, 3.05) is 0 Å². The lowest BCUT2D eigenvalue weighted by Crippen LogP contribution is -2.01. The van der Waals surface area contributed by atoms with Crippen molar-refractivity contribution in [3.05, 3.63) is 11.4 Å². The van der Waals surface area contributed by atoms with Gasteiger partial charge in [-0.3, -0.25) is 0 Å². The van der Waals surface area contributed by atoms with E-state index >= 15 is 0 Å². The van der Waals surface area contributed by atoms with E-state index < -0.39 is 19.0 Å². The molecule has 10 heavy (non-hydrogen) atoms. The summed E-state index contributed by atoms with van der Waals surface area (Å²) in [7, 11) is -0.858. The highest BCUT2D eigenvalue weighted by molar-refractivity contribution is 6.74. The van der Waals surface area contributed by atoms with Gasteiger partial charge in [0.15, 0.2) is 0 Å². The Morgan fingerprint density at radius 3 is 1.30 bits per heavy atom. The summed E-state index contributed by atoms with van der Waals surface area (Å²) in [4.78, 5) is 0. The van der Waals surface area contributed by atoms with Crippen LogP contribution in [-0.4, -0.2) is 28.0 Å². The summed E-state index contributed by atoms with van der Waals surface area (Å²) < 4.78 is -0.344. The van der Waals surface area contributed by atoms with Crippen LogP contribution >= 0.6 is 46.4 Å². The molecule has 0 aliphatic carbocycles. The molecule has 0 atom stereocenters. The first-order valence-corrected chi connectivity index (χ1v) is 7.85. The van der Waals surface area contributed by atoms with Gasteiger partial charge in [-0.2, -0.15) is 0 Å².